The quantitative estimate of drug-likeness (QED) is 0.346. The van der Waals surface area contributed by atoms with E-state index in [0.717, 1.165) is 0 Å². The van der Waals surface area contributed by atoms with Crippen LogP contribution in [0.2, 0.25) is 0 Å². The first-order chi connectivity index (χ1) is 15.9. The molecule has 0 saturated heterocycles. The monoisotopic (exact) mass is 452 g/mol. The largest absolute Gasteiger partial charge is 0.497 e. The normalized spacial score (nSPS) is 14.2. The predicted molar refractivity (Wildman–Crippen MR) is 122 cm³/mol. The molecule has 3 aromatic carbocycles. The highest BCUT2D eigenvalue weighted by Gasteiger charge is 2.61. The van der Waals surface area contributed by atoms with Crippen molar-refractivity contribution >= 4 is 5.78 Å². The summed E-state index contributed by atoms with van der Waals surface area (Å²) in [6, 6.07) is 22.1. The van der Waals surface area contributed by atoms with Crippen LogP contribution in [0.15, 0.2) is 78.9 Å². The van der Waals surface area contributed by atoms with Crippen molar-refractivity contribution in [3.05, 3.63) is 95.6 Å². The Balaban J connectivity index is 2.52. The second-order valence-corrected chi connectivity index (χ2v) is 7.62. The molecule has 3 aromatic rings. The molecule has 7 heteroatoms. The lowest BCUT2D eigenvalue weighted by Crippen LogP contribution is -2.66. The zero-order chi connectivity index (χ0) is 24.1. The van der Waals surface area contributed by atoms with Gasteiger partial charge in [-0.2, -0.15) is 0 Å². The molecule has 2 atom stereocenters. The number of rotatable bonds is 10. The standard InChI is InChI=1S/C26H28O7/c1-32-21-12-8-19(9-13-21)25(18-6-4-3-5-7-18,20-10-14-22(33-2)15-11-20)26(31,23(29)16-27)24(30)17-28/h3-15,23,27-29,31H,16-17H2,1-2H3/t23-,26-/m1/s1. The van der Waals surface area contributed by atoms with E-state index in [4.69, 9.17) is 9.47 Å². The lowest BCUT2D eigenvalue weighted by Gasteiger charge is -2.49. The Morgan fingerprint density at radius 2 is 1.21 bits per heavy atom. The van der Waals surface area contributed by atoms with Crippen LogP contribution in [0, 0.1) is 0 Å². The van der Waals surface area contributed by atoms with E-state index >= 15 is 0 Å². The Labute approximate surface area is 192 Å². The Morgan fingerprint density at radius 1 is 0.788 bits per heavy atom. The van der Waals surface area contributed by atoms with Crippen LogP contribution in [-0.4, -0.2) is 65.3 Å². The van der Waals surface area contributed by atoms with Gasteiger partial charge in [0, 0.05) is 0 Å². The number of methoxy groups -OCH3 is 2. The second-order valence-electron chi connectivity index (χ2n) is 7.62. The van der Waals surface area contributed by atoms with Gasteiger partial charge in [0.2, 0.25) is 0 Å². The third-order valence-corrected chi connectivity index (χ3v) is 6.05. The molecule has 0 aromatic heterocycles. The minimum absolute atomic E-state index is 0.441. The van der Waals surface area contributed by atoms with E-state index in [1.165, 1.54) is 14.2 Å². The molecule has 0 radical (unpaired) electrons. The molecule has 0 aliphatic carbocycles. The molecule has 0 amide bonds. The Bertz CT molecular complexity index is 1000. The molecule has 3 rings (SSSR count). The summed E-state index contributed by atoms with van der Waals surface area (Å²) in [6.07, 6.45) is -1.92. The van der Waals surface area contributed by atoms with E-state index in [1.54, 1.807) is 78.9 Å². The maximum atomic E-state index is 13.2. The van der Waals surface area contributed by atoms with Gasteiger partial charge in [0.15, 0.2) is 11.4 Å². The van der Waals surface area contributed by atoms with Crippen LogP contribution in [0.4, 0.5) is 0 Å². The van der Waals surface area contributed by atoms with Crippen LogP contribution in [0.3, 0.4) is 0 Å². The van der Waals surface area contributed by atoms with Gasteiger partial charge < -0.3 is 29.9 Å². The molecule has 0 aliphatic rings. The number of Topliss-reactive ketones (excluding diaryl/α,β-unsaturated/α-hetero) is 1. The molecule has 0 unspecified atom stereocenters. The van der Waals surface area contributed by atoms with E-state index in [9.17, 15) is 25.2 Å². The minimum atomic E-state index is -2.64. The van der Waals surface area contributed by atoms with Gasteiger partial charge in [0.25, 0.3) is 0 Å². The average molecular weight is 453 g/mol. The number of ketones is 1. The van der Waals surface area contributed by atoms with E-state index in [0.29, 0.717) is 28.2 Å². The fourth-order valence-electron chi connectivity index (χ4n) is 4.43. The van der Waals surface area contributed by atoms with Crippen molar-refractivity contribution in [2.45, 2.75) is 17.1 Å². The topological polar surface area (TPSA) is 116 Å². The smallest absolute Gasteiger partial charge is 0.193 e. The fourth-order valence-corrected chi connectivity index (χ4v) is 4.43. The summed E-state index contributed by atoms with van der Waals surface area (Å²) >= 11 is 0. The number of aliphatic hydroxyl groups excluding tert-OH is 3. The van der Waals surface area contributed by atoms with Crippen LogP contribution in [0.5, 0.6) is 11.5 Å². The average Bonchev–Trinajstić information content (AvgIpc) is 2.89. The van der Waals surface area contributed by atoms with Crippen molar-refractivity contribution in [1.82, 2.24) is 0 Å². The summed E-state index contributed by atoms with van der Waals surface area (Å²) in [5, 5.41) is 42.7. The summed E-state index contributed by atoms with van der Waals surface area (Å²) in [5.74, 6) is 0.0601. The first-order valence-corrected chi connectivity index (χ1v) is 10.4. The molecule has 0 fully saturated rings. The first kappa shape index (κ1) is 24.4. The van der Waals surface area contributed by atoms with Crippen LogP contribution >= 0.6 is 0 Å². The van der Waals surface area contributed by atoms with Crippen molar-refractivity contribution < 1.29 is 34.7 Å². The summed E-state index contributed by atoms with van der Waals surface area (Å²) in [6.45, 7) is -1.96. The van der Waals surface area contributed by atoms with Crippen molar-refractivity contribution in [3.63, 3.8) is 0 Å². The Hall–Kier alpha value is -3.23. The number of hydrogen-bond donors (Lipinski definition) is 4. The maximum absolute atomic E-state index is 13.2. The third kappa shape index (κ3) is 4.00. The predicted octanol–water partition coefficient (Wildman–Crippen LogP) is 1.68. The molecule has 0 aliphatic heterocycles. The zero-order valence-electron chi connectivity index (χ0n) is 18.5. The highest BCUT2D eigenvalue weighted by Crippen LogP contribution is 2.50. The number of benzene rings is 3. The van der Waals surface area contributed by atoms with E-state index in [-0.39, 0.29) is 0 Å². The number of ether oxygens (including phenoxy) is 2. The Kier molecular flexibility index (Phi) is 7.50. The van der Waals surface area contributed by atoms with Gasteiger partial charge in [-0.15, -0.1) is 0 Å². The number of hydrogen-bond acceptors (Lipinski definition) is 7. The first-order valence-electron chi connectivity index (χ1n) is 10.4. The fraction of sp³-hybridized carbons (Fsp3) is 0.269. The molecule has 0 spiro atoms. The van der Waals surface area contributed by atoms with Crippen molar-refractivity contribution in [3.8, 4) is 11.5 Å². The van der Waals surface area contributed by atoms with E-state index in [1.807, 2.05) is 0 Å². The summed E-state index contributed by atoms with van der Waals surface area (Å²) in [4.78, 5) is 13.2. The highest BCUT2D eigenvalue weighted by atomic mass is 16.5. The summed E-state index contributed by atoms with van der Waals surface area (Å²) in [7, 11) is 3.04. The lowest BCUT2D eigenvalue weighted by atomic mass is 9.56. The number of aliphatic hydroxyl groups is 4. The molecule has 7 nitrogen and oxygen atoms in total. The van der Waals surface area contributed by atoms with Gasteiger partial charge in [-0.1, -0.05) is 54.6 Å². The summed E-state index contributed by atoms with van der Waals surface area (Å²) in [5.41, 5.74) is -3.00. The molecular formula is C26H28O7. The molecule has 0 bridgehead atoms. The Morgan fingerprint density at radius 3 is 1.58 bits per heavy atom. The van der Waals surface area contributed by atoms with Gasteiger partial charge >= 0.3 is 0 Å². The molecule has 0 heterocycles. The SMILES string of the molecule is COc1ccc(C(c2ccccc2)(c2ccc(OC)cc2)[C@](O)(C(=O)CO)[C@H](O)CO)cc1. The number of carbonyl (C=O) groups excluding carboxylic acids is 1. The second kappa shape index (κ2) is 10.1. The van der Waals surface area contributed by atoms with Crippen molar-refractivity contribution in [1.29, 1.82) is 0 Å². The third-order valence-electron chi connectivity index (χ3n) is 6.05. The van der Waals surface area contributed by atoms with Gasteiger partial charge in [0.05, 0.1) is 26.2 Å². The highest BCUT2D eigenvalue weighted by molar-refractivity contribution is 5.93. The van der Waals surface area contributed by atoms with Crippen molar-refractivity contribution in [2.75, 3.05) is 27.4 Å². The summed E-state index contributed by atoms with van der Waals surface area (Å²) < 4.78 is 10.5. The molecule has 4 N–H and O–H groups in total. The van der Waals surface area contributed by atoms with Gasteiger partial charge in [0.1, 0.15) is 24.2 Å². The molecule has 0 saturated carbocycles. The van der Waals surface area contributed by atoms with Gasteiger partial charge in [-0.3, -0.25) is 4.79 Å². The van der Waals surface area contributed by atoms with E-state index in [2.05, 4.69) is 0 Å². The van der Waals surface area contributed by atoms with E-state index < -0.39 is 36.1 Å². The van der Waals surface area contributed by atoms with Crippen LogP contribution in [-0.2, 0) is 10.2 Å². The molecule has 33 heavy (non-hydrogen) atoms. The van der Waals surface area contributed by atoms with Gasteiger partial charge in [-0.25, -0.2) is 0 Å². The van der Waals surface area contributed by atoms with Crippen LogP contribution in [0.1, 0.15) is 16.7 Å². The van der Waals surface area contributed by atoms with Crippen LogP contribution in [0.25, 0.3) is 0 Å². The number of carbonyl (C=O) groups is 1. The minimum Gasteiger partial charge on any atom is -0.497 e. The van der Waals surface area contributed by atoms with Crippen LogP contribution < -0.4 is 9.47 Å². The van der Waals surface area contributed by atoms with Crippen molar-refractivity contribution in [2.24, 2.45) is 0 Å². The zero-order valence-corrected chi connectivity index (χ0v) is 18.5. The lowest BCUT2D eigenvalue weighted by molar-refractivity contribution is -0.166. The molecule has 174 valence electrons. The maximum Gasteiger partial charge on any atom is 0.193 e. The molecular weight excluding hydrogens is 424 g/mol. The van der Waals surface area contributed by atoms with Gasteiger partial charge in [-0.05, 0) is 41.0 Å².